The van der Waals surface area contributed by atoms with E-state index in [0.29, 0.717) is 22.5 Å². The third-order valence-electron chi connectivity index (χ3n) is 4.35. The normalized spacial score (nSPS) is 10.9. The topological polar surface area (TPSA) is 107 Å². The number of nitrogens with zero attached hydrogens (tertiary/aromatic N) is 2. The lowest BCUT2D eigenvalue weighted by molar-refractivity contribution is -0.124. The Morgan fingerprint density at radius 3 is 2.73 bits per heavy atom. The van der Waals surface area contributed by atoms with Gasteiger partial charge in [0.05, 0.1) is 22.9 Å². The molecular formula is C21H16FN3O5. The second-order valence-electron chi connectivity index (χ2n) is 6.46. The van der Waals surface area contributed by atoms with Crippen LogP contribution in [-0.4, -0.2) is 28.6 Å². The summed E-state index contributed by atoms with van der Waals surface area (Å²) in [6.07, 6.45) is 1.48. The van der Waals surface area contributed by atoms with Crippen LogP contribution in [-0.2, 0) is 16.1 Å². The number of hydrogen-bond donors (Lipinski definition) is 1. The number of carbonyl (C=O) groups is 2. The zero-order valence-electron chi connectivity index (χ0n) is 15.8. The van der Waals surface area contributed by atoms with E-state index in [2.05, 4.69) is 15.5 Å². The monoisotopic (exact) mass is 409 g/mol. The molecule has 30 heavy (non-hydrogen) atoms. The van der Waals surface area contributed by atoms with Gasteiger partial charge in [0.2, 0.25) is 0 Å². The van der Waals surface area contributed by atoms with Gasteiger partial charge in [0.1, 0.15) is 11.5 Å². The van der Waals surface area contributed by atoms with Crippen LogP contribution in [0.25, 0.3) is 22.6 Å². The fourth-order valence-electron chi connectivity index (χ4n) is 2.87. The Kier molecular flexibility index (Phi) is 5.25. The molecule has 0 bridgehead atoms. The summed E-state index contributed by atoms with van der Waals surface area (Å²) in [6, 6.07) is 10.6. The van der Waals surface area contributed by atoms with Crippen molar-refractivity contribution < 1.29 is 27.7 Å². The van der Waals surface area contributed by atoms with Gasteiger partial charge in [0.25, 0.3) is 11.6 Å². The Hall–Kier alpha value is -4.01. The number of hydrogen-bond acceptors (Lipinski definition) is 7. The molecule has 0 aliphatic carbocycles. The summed E-state index contributed by atoms with van der Waals surface area (Å²) in [5.41, 5.74) is 1.88. The summed E-state index contributed by atoms with van der Waals surface area (Å²) in [4.78, 5) is 29.0. The molecule has 152 valence electrons. The molecule has 1 amide bonds. The van der Waals surface area contributed by atoms with Crippen molar-refractivity contribution in [2.45, 2.75) is 13.5 Å². The number of pyridine rings is 1. The van der Waals surface area contributed by atoms with E-state index in [1.807, 2.05) is 0 Å². The van der Waals surface area contributed by atoms with Gasteiger partial charge < -0.3 is 19.0 Å². The Bertz CT molecular complexity index is 1200. The maximum absolute atomic E-state index is 12.9. The second kappa shape index (κ2) is 8.16. The number of carbonyl (C=O) groups excluding carboxylic acids is 2. The highest BCUT2D eigenvalue weighted by molar-refractivity contribution is 6.04. The molecule has 4 aromatic rings. The molecule has 0 radical (unpaired) electrons. The molecule has 0 aliphatic rings. The number of halogens is 1. The molecule has 1 N–H and O–H groups in total. The maximum atomic E-state index is 12.9. The Morgan fingerprint density at radius 1 is 1.20 bits per heavy atom. The van der Waals surface area contributed by atoms with Crippen LogP contribution in [0.5, 0.6) is 0 Å². The van der Waals surface area contributed by atoms with Gasteiger partial charge in [-0.05, 0) is 42.8 Å². The molecule has 1 aromatic carbocycles. The van der Waals surface area contributed by atoms with E-state index in [1.165, 1.54) is 24.5 Å². The first-order valence-corrected chi connectivity index (χ1v) is 9.00. The van der Waals surface area contributed by atoms with E-state index in [-0.39, 0.29) is 23.6 Å². The van der Waals surface area contributed by atoms with Crippen LogP contribution in [0.2, 0.25) is 0 Å². The van der Waals surface area contributed by atoms with E-state index in [9.17, 15) is 14.0 Å². The number of ether oxygens (including phenoxy) is 1. The first-order valence-electron chi connectivity index (χ1n) is 9.00. The number of aromatic nitrogens is 2. The molecule has 3 aromatic heterocycles. The van der Waals surface area contributed by atoms with E-state index in [1.54, 1.807) is 31.2 Å². The number of fused-ring (bicyclic) bond motifs is 1. The lowest BCUT2D eigenvalue weighted by atomic mass is 10.1. The van der Waals surface area contributed by atoms with Crippen molar-refractivity contribution in [2.75, 3.05) is 6.61 Å². The van der Waals surface area contributed by atoms with E-state index < -0.39 is 18.5 Å². The first-order chi connectivity index (χ1) is 14.5. The molecule has 0 fully saturated rings. The molecule has 0 atom stereocenters. The van der Waals surface area contributed by atoms with Crippen molar-refractivity contribution in [3.63, 3.8) is 0 Å². The lowest BCUT2D eigenvalue weighted by Crippen LogP contribution is -2.28. The van der Waals surface area contributed by atoms with Gasteiger partial charge in [0.15, 0.2) is 12.4 Å². The van der Waals surface area contributed by atoms with Crippen LogP contribution in [0.4, 0.5) is 4.39 Å². The minimum absolute atomic E-state index is 0.161. The van der Waals surface area contributed by atoms with Gasteiger partial charge in [-0.1, -0.05) is 17.3 Å². The molecule has 4 rings (SSSR count). The molecule has 0 saturated heterocycles. The minimum atomic E-state index is -0.724. The average Bonchev–Trinajstić information content (AvgIpc) is 3.41. The van der Waals surface area contributed by atoms with Crippen LogP contribution in [0, 0.1) is 12.7 Å². The van der Waals surface area contributed by atoms with E-state index in [4.69, 9.17) is 13.7 Å². The van der Waals surface area contributed by atoms with Crippen molar-refractivity contribution in [1.82, 2.24) is 15.5 Å². The molecule has 0 aliphatic heterocycles. The van der Waals surface area contributed by atoms with Gasteiger partial charge in [-0.15, -0.1) is 0 Å². The van der Waals surface area contributed by atoms with Gasteiger partial charge in [0, 0.05) is 6.54 Å². The van der Waals surface area contributed by atoms with Crippen molar-refractivity contribution in [3.8, 4) is 11.5 Å². The molecule has 0 spiro atoms. The SMILES string of the molecule is Cc1noc2nc(-c3ccco3)cc(C(=O)OCC(=O)NCc3ccc(F)cc3)c12. The third-order valence-corrected chi connectivity index (χ3v) is 4.35. The quantitative estimate of drug-likeness (QED) is 0.486. The molecule has 3 heterocycles. The zero-order valence-corrected chi connectivity index (χ0v) is 15.8. The third kappa shape index (κ3) is 4.04. The van der Waals surface area contributed by atoms with Crippen molar-refractivity contribution in [2.24, 2.45) is 0 Å². The van der Waals surface area contributed by atoms with Gasteiger partial charge in [-0.3, -0.25) is 4.79 Å². The molecule has 0 saturated carbocycles. The number of amides is 1. The van der Waals surface area contributed by atoms with Crippen LogP contribution in [0.1, 0.15) is 21.6 Å². The van der Waals surface area contributed by atoms with E-state index in [0.717, 1.165) is 5.56 Å². The standard InChI is InChI=1S/C21H16FN3O5/c1-12-19-15(9-16(17-3-2-8-28-17)24-20(19)30-25-12)21(27)29-11-18(26)23-10-13-4-6-14(22)7-5-13/h2-9H,10-11H2,1H3,(H,23,26). The highest BCUT2D eigenvalue weighted by Gasteiger charge is 2.21. The smallest absolute Gasteiger partial charge is 0.339 e. The highest BCUT2D eigenvalue weighted by Crippen LogP contribution is 2.27. The predicted octanol–water partition coefficient (Wildman–Crippen LogP) is 3.40. The van der Waals surface area contributed by atoms with E-state index >= 15 is 0 Å². The summed E-state index contributed by atoms with van der Waals surface area (Å²) >= 11 is 0. The van der Waals surface area contributed by atoms with Crippen molar-refractivity contribution >= 4 is 23.0 Å². The number of nitrogens with one attached hydrogen (secondary N) is 1. The van der Waals surface area contributed by atoms with Crippen LogP contribution >= 0.6 is 0 Å². The zero-order chi connectivity index (χ0) is 21.1. The Balaban J connectivity index is 1.46. The number of benzene rings is 1. The fraction of sp³-hybridized carbons (Fsp3) is 0.143. The number of rotatable bonds is 6. The summed E-state index contributed by atoms with van der Waals surface area (Å²) in [6.45, 7) is 1.38. The summed E-state index contributed by atoms with van der Waals surface area (Å²) in [7, 11) is 0. The fourth-order valence-corrected chi connectivity index (χ4v) is 2.87. The molecule has 8 nitrogen and oxygen atoms in total. The second-order valence-corrected chi connectivity index (χ2v) is 6.46. The Morgan fingerprint density at radius 2 is 2.00 bits per heavy atom. The first kappa shape index (κ1) is 19.3. The highest BCUT2D eigenvalue weighted by atomic mass is 19.1. The summed E-state index contributed by atoms with van der Waals surface area (Å²) in [5, 5.41) is 6.85. The van der Waals surface area contributed by atoms with Crippen molar-refractivity contribution in [3.05, 3.63) is 71.4 Å². The number of esters is 1. The van der Waals surface area contributed by atoms with Gasteiger partial charge in [-0.2, -0.15) is 0 Å². The van der Waals surface area contributed by atoms with Crippen LogP contribution in [0.15, 0.2) is 57.7 Å². The average molecular weight is 409 g/mol. The van der Waals surface area contributed by atoms with Crippen molar-refractivity contribution in [1.29, 1.82) is 0 Å². The largest absolute Gasteiger partial charge is 0.463 e. The lowest BCUT2D eigenvalue weighted by Gasteiger charge is -2.08. The minimum Gasteiger partial charge on any atom is -0.463 e. The van der Waals surface area contributed by atoms with Gasteiger partial charge >= 0.3 is 5.97 Å². The summed E-state index contributed by atoms with van der Waals surface area (Å²) in [5.74, 6) is -1.14. The number of furan rings is 1. The van der Waals surface area contributed by atoms with Crippen LogP contribution < -0.4 is 5.32 Å². The van der Waals surface area contributed by atoms with Gasteiger partial charge in [-0.25, -0.2) is 14.2 Å². The summed E-state index contributed by atoms with van der Waals surface area (Å²) < 4.78 is 28.6. The van der Waals surface area contributed by atoms with Crippen LogP contribution in [0.3, 0.4) is 0 Å². The Labute approximate surface area is 169 Å². The maximum Gasteiger partial charge on any atom is 0.339 e. The predicted molar refractivity (Wildman–Crippen MR) is 103 cm³/mol. The molecule has 9 heteroatoms. The number of aryl methyl sites for hydroxylation is 1. The molecule has 0 unspecified atom stereocenters. The molecular weight excluding hydrogens is 393 g/mol.